The quantitative estimate of drug-likeness (QED) is 0.341. The number of aliphatic imine (C=N–C) groups is 1. The second kappa shape index (κ2) is 12.6. The van der Waals surface area contributed by atoms with Gasteiger partial charge in [-0.25, -0.2) is 4.99 Å². The Morgan fingerprint density at radius 3 is 2.50 bits per heavy atom. The number of nitrogens with one attached hydrogen (secondary N) is 2. The lowest BCUT2D eigenvalue weighted by molar-refractivity contribution is -0.127. The van der Waals surface area contributed by atoms with Crippen LogP contribution in [0.2, 0.25) is 0 Å². The van der Waals surface area contributed by atoms with Crippen molar-refractivity contribution in [2.45, 2.75) is 32.9 Å². The van der Waals surface area contributed by atoms with Gasteiger partial charge in [0.15, 0.2) is 5.96 Å². The molecule has 7 nitrogen and oxygen atoms in total. The van der Waals surface area contributed by atoms with Gasteiger partial charge in [0, 0.05) is 31.8 Å². The number of hydrogen-bond acceptors (Lipinski definition) is 4. The molecule has 1 aromatic carbocycles. The molecule has 0 saturated heterocycles. The average molecular weight is 478 g/mol. The minimum absolute atomic E-state index is 0. The minimum atomic E-state index is -0.0133. The standard InChI is InChI=1S/C18H30N4O3.HI/c1-7-13(2)21-18(20-12-17(23)22(3)4)19-11-14-8-9-15(24-5)10-16(14)25-6;/h8-10,13H,7,11-12H2,1-6H3,(H2,19,20,21);1H. The predicted molar refractivity (Wildman–Crippen MR) is 116 cm³/mol. The van der Waals surface area contributed by atoms with Crippen molar-refractivity contribution in [2.24, 2.45) is 4.99 Å². The first-order valence-electron chi connectivity index (χ1n) is 8.37. The van der Waals surface area contributed by atoms with Gasteiger partial charge < -0.3 is 25.0 Å². The number of likely N-dealkylation sites (N-methyl/N-ethyl adjacent to an activating group) is 1. The third-order valence-electron chi connectivity index (χ3n) is 3.80. The lowest BCUT2D eigenvalue weighted by Crippen LogP contribution is -2.45. The molecule has 0 saturated carbocycles. The summed E-state index contributed by atoms with van der Waals surface area (Å²) in [6, 6.07) is 5.87. The van der Waals surface area contributed by atoms with Crippen LogP contribution in [0.5, 0.6) is 11.5 Å². The van der Waals surface area contributed by atoms with E-state index in [4.69, 9.17) is 9.47 Å². The molecule has 0 aliphatic rings. The van der Waals surface area contributed by atoms with Crippen LogP contribution in [0, 0.1) is 0 Å². The zero-order valence-corrected chi connectivity index (χ0v) is 18.8. The minimum Gasteiger partial charge on any atom is -0.497 e. The van der Waals surface area contributed by atoms with E-state index in [0.717, 1.165) is 23.5 Å². The highest BCUT2D eigenvalue weighted by Gasteiger charge is 2.09. The monoisotopic (exact) mass is 478 g/mol. The molecule has 0 heterocycles. The van der Waals surface area contributed by atoms with E-state index in [0.29, 0.717) is 12.5 Å². The number of amides is 1. The first-order chi connectivity index (χ1) is 11.9. The highest BCUT2D eigenvalue weighted by atomic mass is 127. The van der Waals surface area contributed by atoms with Crippen LogP contribution in [-0.2, 0) is 11.3 Å². The molecule has 2 N–H and O–H groups in total. The van der Waals surface area contributed by atoms with Crippen LogP contribution in [0.25, 0.3) is 0 Å². The summed E-state index contributed by atoms with van der Waals surface area (Å²) in [4.78, 5) is 17.9. The number of halogens is 1. The molecule has 0 radical (unpaired) electrons. The Hall–Kier alpha value is -1.71. The van der Waals surface area contributed by atoms with Crippen LogP contribution in [-0.4, -0.2) is 57.7 Å². The Labute approximate surface area is 173 Å². The second-order valence-corrected chi connectivity index (χ2v) is 5.94. The van der Waals surface area contributed by atoms with Crippen LogP contribution in [0.4, 0.5) is 0 Å². The highest BCUT2D eigenvalue weighted by molar-refractivity contribution is 14.0. The van der Waals surface area contributed by atoms with E-state index in [1.807, 2.05) is 18.2 Å². The topological polar surface area (TPSA) is 75.2 Å². The number of rotatable bonds is 8. The zero-order chi connectivity index (χ0) is 18.8. The van der Waals surface area contributed by atoms with Crippen molar-refractivity contribution in [2.75, 3.05) is 34.9 Å². The van der Waals surface area contributed by atoms with E-state index in [1.165, 1.54) is 0 Å². The lowest BCUT2D eigenvalue weighted by atomic mass is 10.2. The van der Waals surface area contributed by atoms with Gasteiger partial charge in [0.2, 0.25) is 5.91 Å². The smallest absolute Gasteiger partial charge is 0.241 e. The molecule has 1 aromatic rings. The maximum atomic E-state index is 11.8. The van der Waals surface area contributed by atoms with E-state index in [2.05, 4.69) is 29.5 Å². The predicted octanol–water partition coefficient (Wildman–Crippen LogP) is 2.24. The van der Waals surface area contributed by atoms with E-state index < -0.39 is 0 Å². The molecule has 0 aliphatic carbocycles. The molecule has 148 valence electrons. The fourth-order valence-corrected chi connectivity index (χ4v) is 1.95. The molecule has 0 aliphatic heterocycles. The number of ether oxygens (including phenoxy) is 2. The summed E-state index contributed by atoms with van der Waals surface area (Å²) in [5.74, 6) is 2.04. The van der Waals surface area contributed by atoms with Gasteiger partial charge in [-0.3, -0.25) is 4.79 Å². The SMILES string of the molecule is CCC(C)NC(=NCc1ccc(OC)cc1OC)NCC(=O)N(C)C.I. The molecule has 1 unspecified atom stereocenters. The van der Waals surface area contributed by atoms with Crippen molar-refractivity contribution in [3.8, 4) is 11.5 Å². The van der Waals surface area contributed by atoms with E-state index >= 15 is 0 Å². The summed E-state index contributed by atoms with van der Waals surface area (Å²) in [7, 11) is 6.69. The van der Waals surface area contributed by atoms with Gasteiger partial charge in [-0.1, -0.05) is 6.92 Å². The van der Waals surface area contributed by atoms with Crippen molar-refractivity contribution in [1.82, 2.24) is 15.5 Å². The summed E-state index contributed by atoms with van der Waals surface area (Å²) in [5.41, 5.74) is 0.937. The summed E-state index contributed by atoms with van der Waals surface area (Å²) in [6.07, 6.45) is 0.953. The summed E-state index contributed by atoms with van der Waals surface area (Å²) in [6.45, 7) is 4.77. The largest absolute Gasteiger partial charge is 0.497 e. The second-order valence-electron chi connectivity index (χ2n) is 5.94. The third kappa shape index (κ3) is 8.11. The van der Waals surface area contributed by atoms with Gasteiger partial charge >= 0.3 is 0 Å². The van der Waals surface area contributed by atoms with Crippen LogP contribution >= 0.6 is 24.0 Å². The molecule has 0 spiro atoms. The molecule has 0 fully saturated rings. The number of methoxy groups -OCH3 is 2. The van der Waals surface area contributed by atoms with Crippen molar-refractivity contribution in [3.05, 3.63) is 23.8 Å². The highest BCUT2D eigenvalue weighted by Crippen LogP contribution is 2.25. The van der Waals surface area contributed by atoms with E-state index in [-0.39, 0.29) is 42.5 Å². The van der Waals surface area contributed by atoms with Crippen LogP contribution in [0.3, 0.4) is 0 Å². The number of carbonyl (C=O) groups excluding carboxylic acids is 1. The molecular weight excluding hydrogens is 447 g/mol. The Bertz CT molecular complexity index is 594. The van der Waals surface area contributed by atoms with Crippen LogP contribution < -0.4 is 20.1 Å². The first-order valence-corrected chi connectivity index (χ1v) is 8.37. The molecule has 26 heavy (non-hydrogen) atoms. The summed E-state index contributed by atoms with van der Waals surface area (Å²) < 4.78 is 10.6. The fourth-order valence-electron chi connectivity index (χ4n) is 1.95. The number of carbonyl (C=O) groups is 1. The van der Waals surface area contributed by atoms with Crippen LogP contribution in [0.1, 0.15) is 25.8 Å². The van der Waals surface area contributed by atoms with Crippen molar-refractivity contribution in [3.63, 3.8) is 0 Å². The molecule has 1 atom stereocenters. The Morgan fingerprint density at radius 1 is 1.27 bits per heavy atom. The van der Waals surface area contributed by atoms with Crippen LogP contribution in [0.15, 0.2) is 23.2 Å². The lowest BCUT2D eigenvalue weighted by Gasteiger charge is -2.18. The number of benzene rings is 1. The van der Waals surface area contributed by atoms with Crippen molar-refractivity contribution in [1.29, 1.82) is 0 Å². The maximum absolute atomic E-state index is 11.8. The van der Waals surface area contributed by atoms with E-state index in [9.17, 15) is 4.79 Å². The van der Waals surface area contributed by atoms with Gasteiger partial charge in [-0.15, -0.1) is 24.0 Å². The number of hydrogen-bond donors (Lipinski definition) is 2. The number of nitrogens with zero attached hydrogens (tertiary/aromatic N) is 2. The van der Waals surface area contributed by atoms with Gasteiger partial charge in [0.1, 0.15) is 11.5 Å². The summed E-state index contributed by atoms with van der Waals surface area (Å²) >= 11 is 0. The first kappa shape index (κ1) is 24.3. The van der Waals surface area contributed by atoms with E-state index in [1.54, 1.807) is 33.2 Å². The fraction of sp³-hybridized carbons (Fsp3) is 0.556. The van der Waals surface area contributed by atoms with Crippen molar-refractivity contribution >= 4 is 35.8 Å². The molecule has 1 amide bonds. The van der Waals surface area contributed by atoms with Gasteiger partial charge in [0.05, 0.1) is 27.3 Å². The van der Waals surface area contributed by atoms with Gasteiger partial charge in [0.25, 0.3) is 0 Å². The van der Waals surface area contributed by atoms with Crippen molar-refractivity contribution < 1.29 is 14.3 Å². The third-order valence-corrected chi connectivity index (χ3v) is 3.80. The average Bonchev–Trinajstić information content (AvgIpc) is 2.62. The Balaban J connectivity index is 0.00000625. The zero-order valence-electron chi connectivity index (χ0n) is 16.5. The Kier molecular flexibility index (Phi) is 11.8. The molecule has 8 heteroatoms. The molecule has 0 bridgehead atoms. The molecular formula is C18H31IN4O3. The summed E-state index contributed by atoms with van der Waals surface area (Å²) in [5, 5.41) is 6.37. The molecule has 1 rings (SSSR count). The Morgan fingerprint density at radius 2 is 1.96 bits per heavy atom. The normalized spacial score (nSPS) is 11.8. The maximum Gasteiger partial charge on any atom is 0.241 e. The van der Waals surface area contributed by atoms with Gasteiger partial charge in [-0.2, -0.15) is 0 Å². The molecule has 0 aromatic heterocycles. The van der Waals surface area contributed by atoms with Gasteiger partial charge in [-0.05, 0) is 25.5 Å². The number of guanidine groups is 1.